The number of hydrogen-bond donors (Lipinski definition) is 1. The van der Waals surface area contributed by atoms with Crippen LogP contribution in [0.4, 0.5) is 14.9 Å². The summed E-state index contributed by atoms with van der Waals surface area (Å²) in [7, 11) is 1.57. The summed E-state index contributed by atoms with van der Waals surface area (Å²) >= 11 is 6.96. The zero-order valence-electron chi connectivity index (χ0n) is 19.1. The van der Waals surface area contributed by atoms with E-state index in [1.807, 2.05) is 24.5 Å². The van der Waals surface area contributed by atoms with Crippen LogP contribution < -0.4 is 10.1 Å². The quantitative estimate of drug-likeness (QED) is 0.436. The van der Waals surface area contributed by atoms with Gasteiger partial charge in [0.15, 0.2) is 0 Å². The topological polar surface area (TPSA) is 80.6 Å². The third-order valence-corrected chi connectivity index (χ3v) is 6.56. The number of rotatable bonds is 6. The van der Waals surface area contributed by atoms with Gasteiger partial charge in [0.25, 0.3) is 11.1 Å². The molecule has 0 radical (unpaired) electrons. The van der Waals surface area contributed by atoms with E-state index in [0.717, 1.165) is 45.4 Å². The number of benzene rings is 2. The van der Waals surface area contributed by atoms with Gasteiger partial charge in [0, 0.05) is 22.1 Å². The fraction of sp³-hybridized carbons (Fsp3) is 0.160. The number of aromatic nitrogens is 1. The summed E-state index contributed by atoms with van der Waals surface area (Å²) in [6.45, 7) is 3.32. The molecule has 2 aromatic carbocycles. The molecule has 0 saturated carbocycles. The highest BCUT2D eigenvalue weighted by Gasteiger charge is 2.36. The summed E-state index contributed by atoms with van der Waals surface area (Å²) in [6.07, 6.45) is 1.63. The highest BCUT2D eigenvalue weighted by atomic mass is 35.5. The summed E-state index contributed by atoms with van der Waals surface area (Å²) in [6, 6.07) is 12.5. The van der Waals surface area contributed by atoms with Crippen molar-refractivity contribution in [1.29, 1.82) is 0 Å². The van der Waals surface area contributed by atoms with Crippen LogP contribution in [-0.2, 0) is 9.59 Å². The smallest absolute Gasteiger partial charge is 0.294 e. The maximum absolute atomic E-state index is 13.3. The van der Waals surface area contributed by atoms with Crippen molar-refractivity contribution < 1.29 is 23.5 Å². The lowest BCUT2D eigenvalue weighted by Crippen LogP contribution is -2.36. The maximum Gasteiger partial charge on any atom is 0.294 e. The van der Waals surface area contributed by atoms with Crippen LogP contribution >= 0.6 is 23.4 Å². The maximum atomic E-state index is 13.3. The second-order valence-electron chi connectivity index (χ2n) is 7.80. The molecule has 35 heavy (non-hydrogen) atoms. The first-order valence-corrected chi connectivity index (χ1v) is 11.7. The van der Waals surface area contributed by atoms with E-state index in [-0.39, 0.29) is 10.6 Å². The first kappa shape index (κ1) is 24.6. The van der Waals surface area contributed by atoms with Crippen LogP contribution in [0.3, 0.4) is 0 Å². The van der Waals surface area contributed by atoms with E-state index >= 15 is 0 Å². The van der Waals surface area contributed by atoms with Gasteiger partial charge in [0.1, 0.15) is 18.1 Å². The average Bonchev–Trinajstić information content (AvgIpc) is 3.22. The van der Waals surface area contributed by atoms with E-state index in [4.69, 9.17) is 16.3 Å². The number of ether oxygens (including phenoxy) is 1. The van der Waals surface area contributed by atoms with Crippen LogP contribution in [-0.4, -0.2) is 40.2 Å². The monoisotopic (exact) mass is 513 g/mol. The van der Waals surface area contributed by atoms with E-state index < -0.39 is 29.4 Å². The Morgan fingerprint density at radius 2 is 1.94 bits per heavy atom. The number of anilines is 1. The molecule has 1 aromatic heterocycles. The highest BCUT2D eigenvalue weighted by Crippen LogP contribution is 2.35. The van der Waals surface area contributed by atoms with Gasteiger partial charge in [0.05, 0.1) is 17.7 Å². The van der Waals surface area contributed by atoms with Gasteiger partial charge >= 0.3 is 0 Å². The fourth-order valence-corrected chi connectivity index (χ4v) is 4.83. The molecule has 180 valence electrons. The van der Waals surface area contributed by atoms with E-state index in [2.05, 4.69) is 5.32 Å². The number of carbonyl (C=O) groups excluding carboxylic acids is 3. The molecule has 2 heterocycles. The van der Waals surface area contributed by atoms with Crippen LogP contribution in [0.15, 0.2) is 53.4 Å². The standard InChI is InChI=1S/C25H21ClFN3O4S/c1-14-9-16(15(2)30(14)20-11-17(26)7-8-21(20)34-3)10-22-24(32)29(25(33)35-22)13-23(31)28-19-6-4-5-18(27)12-19/h4-12H,13H2,1-3H3,(H,28,31)/b22-10+. The summed E-state index contributed by atoms with van der Waals surface area (Å²) in [5.41, 5.74) is 3.42. The third-order valence-electron chi connectivity index (χ3n) is 5.42. The van der Waals surface area contributed by atoms with Gasteiger partial charge in [-0.3, -0.25) is 19.3 Å². The van der Waals surface area contributed by atoms with Gasteiger partial charge in [-0.2, -0.15) is 0 Å². The Morgan fingerprint density at radius 3 is 2.66 bits per heavy atom. The Morgan fingerprint density at radius 1 is 1.17 bits per heavy atom. The molecule has 1 saturated heterocycles. The van der Waals surface area contributed by atoms with E-state index in [1.165, 1.54) is 18.2 Å². The molecule has 1 fully saturated rings. The molecule has 1 N–H and O–H groups in total. The minimum absolute atomic E-state index is 0.201. The lowest BCUT2D eigenvalue weighted by Gasteiger charge is -2.14. The molecule has 1 aliphatic heterocycles. The van der Waals surface area contributed by atoms with Crippen LogP contribution in [0.2, 0.25) is 5.02 Å². The van der Waals surface area contributed by atoms with Crippen LogP contribution in [0, 0.1) is 19.7 Å². The summed E-state index contributed by atoms with van der Waals surface area (Å²) in [4.78, 5) is 38.8. The Balaban J connectivity index is 1.57. The van der Waals surface area contributed by atoms with Crippen molar-refractivity contribution in [1.82, 2.24) is 9.47 Å². The predicted molar refractivity (Wildman–Crippen MR) is 135 cm³/mol. The van der Waals surface area contributed by atoms with E-state index in [9.17, 15) is 18.8 Å². The number of thioether (sulfide) groups is 1. The average molecular weight is 514 g/mol. The lowest BCUT2D eigenvalue weighted by atomic mass is 10.2. The van der Waals surface area contributed by atoms with Gasteiger partial charge in [-0.15, -0.1) is 0 Å². The summed E-state index contributed by atoms with van der Waals surface area (Å²) in [5, 5.41) is 2.48. The van der Waals surface area contributed by atoms with Crippen LogP contribution in [0.5, 0.6) is 5.75 Å². The number of imide groups is 1. The minimum atomic E-state index is -0.606. The first-order chi connectivity index (χ1) is 16.7. The number of nitrogens with one attached hydrogen (secondary N) is 1. The number of methoxy groups -OCH3 is 1. The van der Waals surface area contributed by atoms with Crippen LogP contribution in [0.25, 0.3) is 11.8 Å². The number of hydrogen-bond acceptors (Lipinski definition) is 5. The molecule has 0 bridgehead atoms. The number of carbonyl (C=O) groups is 3. The Bertz CT molecular complexity index is 1390. The normalized spacial score (nSPS) is 14.7. The predicted octanol–water partition coefficient (Wildman–Crippen LogP) is 5.57. The Kier molecular flexibility index (Phi) is 7.00. The number of amides is 3. The van der Waals surface area contributed by atoms with Crippen molar-refractivity contribution in [3.63, 3.8) is 0 Å². The Labute approximate surface area is 210 Å². The molecular weight excluding hydrogens is 493 g/mol. The second kappa shape index (κ2) is 9.97. The molecule has 1 aliphatic rings. The van der Waals surface area contributed by atoms with E-state index in [1.54, 1.807) is 31.4 Å². The van der Waals surface area contributed by atoms with Gasteiger partial charge in [-0.05, 0) is 79.7 Å². The molecule has 7 nitrogen and oxygen atoms in total. The largest absolute Gasteiger partial charge is 0.495 e. The molecule has 0 spiro atoms. The SMILES string of the molecule is COc1ccc(Cl)cc1-n1c(C)cc(/C=C2/SC(=O)N(CC(=O)Nc3cccc(F)c3)C2=O)c1C. The zero-order valence-corrected chi connectivity index (χ0v) is 20.7. The molecule has 0 unspecified atom stereocenters. The summed E-state index contributed by atoms with van der Waals surface area (Å²) in [5.74, 6) is -1.05. The van der Waals surface area contributed by atoms with Crippen molar-refractivity contribution in [3.05, 3.63) is 81.2 Å². The van der Waals surface area contributed by atoms with Crippen molar-refractivity contribution in [2.45, 2.75) is 13.8 Å². The second-order valence-corrected chi connectivity index (χ2v) is 9.23. The fourth-order valence-electron chi connectivity index (χ4n) is 3.83. The number of nitrogens with zero attached hydrogens (tertiary/aromatic N) is 2. The molecule has 0 atom stereocenters. The minimum Gasteiger partial charge on any atom is -0.495 e. The van der Waals surface area contributed by atoms with Crippen molar-refractivity contribution in [2.24, 2.45) is 0 Å². The lowest BCUT2D eigenvalue weighted by molar-refractivity contribution is -0.127. The van der Waals surface area contributed by atoms with Gasteiger partial charge < -0.3 is 14.6 Å². The third kappa shape index (κ3) is 5.11. The van der Waals surface area contributed by atoms with Gasteiger partial charge in [0.2, 0.25) is 5.91 Å². The summed E-state index contributed by atoms with van der Waals surface area (Å²) < 4.78 is 20.8. The highest BCUT2D eigenvalue weighted by molar-refractivity contribution is 8.18. The van der Waals surface area contributed by atoms with E-state index in [0.29, 0.717) is 10.8 Å². The molecule has 4 rings (SSSR count). The van der Waals surface area contributed by atoms with Crippen molar-refractivity contribution in [2.75, 3.05) is 19.0 Å². The van der Waals surface area contributed by atoms with Crippen molar-refractivity contribution in [3.8, 4) is 11.4 Å². The molecule has 3 amide bonds. The van der Waals surface area contributed by atoms with Crippen molar-refractivity contribution >= 4 is 52.2 Å². The van der Waals surface area contributed by atoms with Gasteiger partial charge in [-0.25, -0.2) is 4.39 Å². The molecule has 3 aromatic rings. The number of halogens is 2. The Hall–Kier alpha value is -3.56. The molecular formula is C25H21ClFN3O4S. The molecule has 0 aliphatic carbocycles. The zero-order chi connectivity index (χ0) is 25.3. The number of aryl methyl sites for hydroxylation is 1. The molecule has 10 heteroatoms. The van der Waals surface area contributed by atoms with Gasteiger partial charge in [-0.1, -0.05) is 17.7 Å². The first-order valence-electron chi connectivity index (χ1n) is 10.5. The van der Waals surface area contributed by atoms with Crippen LogP contribution in [0.1, 0.15) is 17.0 Å².